The second-order valence-electron chi connectivity index (χ2n) is 7.03. The normalized spacial score (nSPS) is 10.7. The van der Waals surface area contributed by atoms with Crippen molar-refractivity contribution in [2.75, 3.05) is 13.2 Å². The Kier molecular flexibility index (Phi) is 8.59. The molecule has 0 aliphatic heterocycles. The van der Waals surface area contributed by atoms with Crippen molar-refractivity contribution in [2.24, 2.45) is 5.10 Å². The molecule has 0 aromatic heterocycles. The molecule has 3 rings (SSSR count). The first kappa shape index (κ1) is 24.7. The van der Waals surface area contributed by atoms with E-state index in [1.807, 2.05) is 6.92 Å². The fraction of sp³-hybridized carbons (Fsp3) is 0.160. The number of amides is 1. The van der Waals surface area contributed by atoms with Crippen LogP contribution in [0, 0.1) is 12.7 Å². The van der Waals surface area contributed by atoms with Crippen LogP contribution in [0.4, 0.5) is 4.39 Å². The lowest BCUT2D eigenvalue weighted by Crippen LogP contribution is -2.24. The zero-order valence-electron chi connectivity index (χ0n) is 18.5. The lowest BCUT2D eigenvalue weighted by molar-refractivity contribution is -0.123. The summed E-state index contributed by atoms with van der Waals surface area (Å²) in [4.78, 5) is 24.3. The molecule has 0 aliphatic rings. The minimum Gasteiger partial charge on any atom is -0.490 e. The second-order valence-corrected chi connectivity index (χ2v) is 7.44. The highest BCUT2D eigenvalue weighted by atomic mass is 35.5. The first-order valence-corrected chi connectivity index (χ1v) is 10.7. The van der Waals surface area contributed by atoms with Crippen LogP contribution in [0.5, 0.6) is 17.2 Å². The minimum atomic E-state index is -0.648. The van der Waals surface area contributed by atoms with E-state index in [0.29, 0.717) is 28.7 Å². The van der Waals surface area contributed by atoms with Crippen molar-refractivity contribution < 1.29 is 28.2 Å². The van der Waals surface area contributed by atoms with Crippen molar-refractivity contribution in [1.29, 1.82) is 0 Å². The molecule has 0 atom stereocenters. The predicted octanol–water partition coefficient (Wildman–Crippen LogP) is 4.93. The van der Waals surface area contributed by atoms with Gasteiger partial charge in [0, 0.05) is 5.02 Å². The van der Waals surface area contributed by atoms with Crippen molar-refractivity contribution >= 4 is 29.7 Å². The third-order valence-corrected chi connectivity index (χ3v) is 4.88. The van der Waals surface area contributed by atoms with Gasteiger partial charge in [0.1, 0.15) is 11.6 Å². The Bertz CT molecular complexity index is 1200. The zero-order valence-corrected chi connectivity index (χ0v) is 19.3. The van der Waals surface area contributed by atoms with Gasteiger partial charge < -0.3 is 14.2 Å². The van der Waals surface area contributed by atoms with E-state index in [4.69, 9.17) is 25.8 Å². The van der Waals surface area contributed by atoms with E-state index < -0.39 is 17.7 Å². The largest absolute Gasteiger partial charge is 0.490 e. The number of aryl methyl sites for hydroxylation is 1. The number of carbonyl (C=O) groups excluding carboxylic acids is 2. The number of benzene rings is 3. The van der Waals surface area contributed by atoms with E-state index >= 15 is 0 Å². The van der Waals surface area contributed by atoms with Gasteiger partial charge >= 0.3 is 5.97 Å². The summed E-state index contributed by atoms with van der Waals surface area (Å²) >= 11 is 5.97. The maximum absolute atomic E-state index is 13.1. The van der Waals surface area contributed by atoms with E-state index in [1.165, 1.54) is 30.5 Å². The second kappa shape index (κ2) is 11.8. The standard InChI is InChI=1S/C25H22ClFN2O5/c1-3-32-23-13-17(4-11-22(23)34-25(31)18-5-7-19(27)8-6-18)14-28-29-24(30)15-33-20-9-10-21(26)16(2)12-20/h4-14H,3,15H2,1-2H3,(H,29,30)/b28-14+. The minimum absolute atomic E-state index is 0.198. The molecule has 0 heterocycles. The molecule has 3 aromatic carbocycles. The van der Waals surface area contributed by atoms with Crippen molar-refractivity contribution in [3.63, 3.8) is 0 Å². The Hall–Kier alpha value is -3.91. The molecular formula is C25H22ClFN2O5. The monoisotopic (exact) mass is 484 g/mol. The molecule has 0 bridgehead atoms. The number of halogens is 2. The Morgan fingerprint density at radius 2 is 1.79 bits per heavy atom. The smallest absolute Gasteiger partial charge is 0.343 e. The summed E-state index contributed by atoms with van der Waals surface area (Å²) in [7, 11) is 0. The summed E-state index contributed by atoms with van der Waals surface area (Å²) in [6, 6.07) is 14.9. The lowest BCUT2D eigenvalue weighted by atomic mass is 10.2. The summed E-state index contributed by atoms with van der Waals surface area (Å²) in [6.07, 6.45) is 1.42. The van der Waals surface area contributed by atoms with Crippen LogP contribution in [0.15, 0.2) is 65.8 Å². The Labute approximate surface area is 201 Å². The number of nitrogens with zero attached hydrogens (tertiary/aromatic N) is 1. The molecule has 1 N–H and O–H groups in total. The molecule has 0 radical (unpaired) electrons. The van der Waals surface area contributed by atoms with Gasteiger partial charge in [-0.25, -0.2) is 14.6 Å². The van der Waals surface area contributed by atoms with Crippen LogP contribution < -0.4 is 19.6 Å². The topological polar surface area (TPSA) is 86.2 Å². The summed E-state index contributed by atoms with van der Waals surface area (Å²) < 4.78 is 29.4. The summed E-state index contributed by atoms with van der Waals surface area (Å²) in [5.41, 5.74) is 4.02. The van der Waals surface area contributed by atoms with E-state index in [0.717, 1.165) is 5.56 Å². The van der Waals surface area contributed by atoms with Gasteiger partial charge in [-0.05, 0) is 85.6 Å². The summed E-state index contributed by atoms with van der Waals surface area (Å²) in [5.74, 6) is -0.509. The van der Waals surface area contributed by atoms with Gasteiger partial charge in [0.15, 0.2) is 18.1 Å². The van der Waals surface area contributed by atoms with Crippen LogP contribution in [0.25, 0.3) is 0 Å². The van der Waals surface area contributed by atoms with Gasteiger partial charge in [0.25, 0.3) is 5.91 Å². The number of ether oxygens (including phenoxy) is 3. The van der Waals surface area contributed by atoms with Crippen LogP contribution in [-0.4, -0.2) is 31.3 Å². The van der Waals surface area contributed by atoms with Gasteiger partial charge in [-0.1, -0.05) is 11.6 Å². The van der Waals surface area contributed by atoms with Crippen LogP contribution in [-0.2, 0) is 4.79 Å². The molecule has 9 heteroatoms. The van der Waals surface area contributed by atoms with E-state index in [9.17, 15) is 14.0 Å². The summed E-state index contributed by atoms with van der Waals surface area (Å²) in [6.45, 7) is 3.74. The molecule has 3 aromatic rings. The average molecular weight is 485 g/mol. The molecule has 0 saturated heterocycles. The molecule has 7 nitrogen and oxygen atoms in total. The highest BCUT2D eigenvalue weighted by Crippen LogP contribution is 2.29. The quantitative estimate of drug-likeness (QED) is 0.201. The molecule has 1 amide bonds. The molecular weight excluding hydrogens is 463 g/mol. The Morgan fingerprint density at radius 1 is 1.03 bits per heavy atom. The van der Waals surface area contributed by atoms with Gasteiger partial charge in [-0.2, -0.15) is 5.10 Å². The van der Waals surface area contributed by atoms with Crippen LogP contribution in [0.1, 0.15) is 28.4 Å². The van der Waals surface area contributed by atoms with E-state index in [1.54, 1.807) is 43.3 Å². The molecule has 0 fully saturated rings. The van der Waals surface area contributed by atoms with E-state index in [2.05, 4.69) is 10.5 Å². The number of rotatable bonds is 9. The van der Waals surface area contributed by atoms with Gasteiger partial charge in [-0.15, -0.1) is 0 Å². The van der Waals surface area contributed by atoms with Crippen molar-refractivity contribution in [3.8, 4) is 17.2 Å². The number of hydrazone groups is 1. The van der Waals surface area contributed by atoms with Gasteiger partial charge in [0.05, 0.1) is 18.4 Å². The molecule has 0 unspecified atom stereocenters. The number of carbonyl (C=O) groups is 2. The van der Waals surface area contributed by atoms with Crippen molar-refractivity contribution in [3.05, 3.63) is 88.2 Å². The Balaban J connectivity index is 1.59. The number of nitrogens with one attached hydrogen (secondary N) is 1. The van der Waals surface area contributed by atoms with Crippen LogP contribution >= 0.6 is 11.6 Å². The molecule has 176 valence electrons. The zero-order chi connectivity index (χ0) is 24.5. The highest BCUT2D eigenvalue weighted by molar-refractivity contribution is 6.31. The number of hydrogen-bond donors (Lipinski definition) is 1. The first-order chi connectivity index (χ1) is 16.4. The fourth-order valence-electron chi connectivity index (χ4n) is 2.77. The SMILES string of the molecule is CCOc1cc(/C=N/NC(=O)COc2ccc(Cl)c(C)c2)ccc1OC(=O)c1ccc(F)cc1. The molecule has 34 heavy (non-hydrogen) atoms. The molecule has 0 aliphatic carbocycles. The number of hydrogen-bond acceptors (Lipinski definition) is 6. The van der Waals surface area contributed by atoms with Gasteiger partial charge in [-0.3, -0.25) is 4.79 Å². The highest BCUT2D eigenvalue weighted by Gasteiger charge is 2.13. The van der Waals surface area contributed by atoms with E-state index in [-0.39, 0.29) is 17.9 Å². The third-order valence-electron chi connectivity index (χ3n) is 4.45. The van der Waals surface area contributed by atoms with Crippen LogP contribution in [0.3, 0.4) is 0 Å². The maximum Gasteiger partial charge on any atom is 0.343 e. The molecule has 0 spiro atoms. The third kappa shape index (κ3) is 7.05. The van der Waals surface area contributed by atoms with Gasteiger partial charge in [0.2, 0.25) is 0 Å². The lowest BCUT2D eigenvalue weighted by Gasteiger charge is -2.11. The van der Waals surface area contributed by atoms with Crippen molar-refractivity contribution in [2.45, 2.75) is 13.8 Å². The number of esters is 1. The first-order valence-electron chi connectivity index (χ1n) is 10.3. The maximum atomic E-state index is 13.1. The average Bonchev–Trinajstić information content (AvgIpc) is 2.82. The molecule has 0 saturated carbocycles. The van der Waals surface area contributed by atoms with Crippen molar-refractivity contribution in [1.82, 2.24) is 5.43 Å². The summed E-state index contributed by atoms with van der Waals surface area (Å²) in [5, 5.41) is 4.52. The Morgan fingerprint density at radius 3 is 2.50 bits per heavy atom. The van der Waals surface area contributed by atoms with Crippen LogP contribution in [0.2, 0.25) is 5.02 Å². The predicted molar refractivity (Wildman–Crippen MR) is 126 cm³/mol. The fourth-order valence-corrected chi connectivity index (χ4v) is 2.89.